The zero-order chi connectivity index (χ0) is 17.7. The Labute approximate surface area is 149 Å². The zero-order valence-electron chi connectivity index (χ0n) is 14.7. The van der Waals surface area contributed by atoms with Crippen molar-refractivity contribution in [3.8, 4) is 0 Å². The Morgan fingerprint density at radius 3 is 2.32 bits per heavy atom. The second-order valence-electron chi connectivity index (χ2n) is 7.07. The minimum Gasteiger partial charge on any atom is -0.368 e. The number of hydrogen-bond acceptors (Lipinski definition) is 4. The van der Waals surface area contributed by atoms with Gasteiger partial charge in [0.1, 0.15) is 0 Å². The van der Waals surface area contributed by atoms with Gasteiger partial charge < -0.3 is 20.9 Å². The minimum absolute atomic E-state index is 0.102. The van der Waals surface area contributed by atoms with E-state index in [9.17, 15) is 9.59 Å². The van der Waals surface area contributed by atoms with Crippen LogP contribution in [-0.2, 0) is 9.59 Å². The molecule has 1 saturated carbocycles. The topological polar surface area (TPSA) is 78.7 Å². The van der Waals surface area contributed by atoms with Crippen LogP contribution in [0, 0.1) is 0 Å². The zero-order valence-corrected chi connectivity index (χ0v) is 14.7. The number of nitrogens with zero attached hydrogens (tertiary/aromatic N) is 2. The number of rotatable bonds is 5. The van der Waals surface area contributed by atoms with Crippen molar-refractivity contribution in [3.05, 3.63) is 30.3 Å². The van der Waals surface area contributed by atoms with Crippen LogP contribution < -0.4 is 16.0 Å². The number of anilines is 1. The third-order valence-electron chi connectivity index (χ3n) is 5.33. The molecular formula is C19H28N4O2. The Morgan fingerprint density at radius 1 is 1.04 bits per heavy atom. The SMILES string of the molecule is NC1(C(=O)NCCC(=O)N2CCN(c3ccccc3)CC2)CCCC1. The average Bonchev–Trinajstić information content (AvgIpc) is 3.10. The Hall–Kier alpha value is -2.08. The second kappa shape index (κ2) is 7.87. The molecule has 1 heterocycles. The molecule has 3 rings (SSSR count). The molecule has 1 aromatic carbocycles. The number of hydrogen-bond donors (Lipinski definition) is 2. The van der Waals surface area contributed by atoms with Gasteiger partial charge in [0.05, 0.1) is 5.54 Å². The summed E-state index contributed by atoms with van der Waals surface area (Å²) < 4.78 is 0. The highest BCUT2D eigenvalue weighted by molar-refractivity contribution is 5.87. The summed E-state index contributed by atoms with van der Waals surface area (Å²) in [7, 11) is 0. The highest BCUT2D eigenvalue weighted by atomic mass is 16.2. The van der Waals surface area contributed by atoms with Crippen molar-refractivity contribution in [1.82, 2.24) is 10.2 Å². The molecule has 2 aliphatic rings. The van der Waals surface area contributed by atoms with E-state index in [1.807, 2.05) is 23.1 Å². The van der Waals surface area contributed by atoms with Crippen LogP contribution in [0.25, 0.3) is 0 Å². The van der Waals surface area contributed by atoms with Crippen molar-refractivity contribution in [2.45, 2.75) is 37.6 Å². The standard InChI is InChI=1S/C19H28N4O2/c20-19(9-4-5-10-19)18(25)21-11-8-17(24)23-14-12-22(13-15-23)16-6-2-1-3-7-16/h1-3,6-7H,4-5,8-15,20H2,(H,21,25). The summed E-state index contributed by atoms with van der Waals surface area (Å²) in [5, 5.41) is 2.85. The van der Waals surface area contributed by atoms with E-state index in [2.05, 4.69) is 22.3 Å². The van der Waals surface area contributed by atoms with Crippen molar-refractivity contribution in [3.63, 3.8) is 0 Å². The van der Waals surface area contributed by atoms with Gasteiger partial charge in [-0.1, -0.05) is 31.0 Å². The largest absolute Gasteiger partial charge is 0.368 e. The van der Waals surface area contributed by atoms with Crippen LogP contribution in [0.5, 0.6) is 0 Å². The summed E-state index contributed by atoms with van der Waals surface area (Å²) in [6.45, 7) is 3.50. The molecule has 1 aromatic rings. The van der Waals surface area contributed by atoms with Gasteiger partial charge in [-0.3, -0.25) is 9.59 Å². The van der Waals surface area contributed by atoms with Crippen molar-refractivity contribution >= 4 is 17.5 Å². The van der Waals surface area contributed by atoms with Gasteiger partial charge in [-0.15, -0.1) is 0 Å². The first-order chi connectivity index (χ1) is 12.1. The van der Waals surface area contributed by atoms with Crippen LogP contribution in [0.1, 0.15) is 32.1 Å². The number of nitrogens with one attached hydrogen (secondary N) is 1. The average molecular weight is 344 g/mol. The second-order valence-corrected chi connectivity index (χ2v) is 7.07. The van der Waals surface area contributed by atoms with Crippen molar-refractivity contribution < 1.29 is 9.59 Å². The molecular weight excluding hydrogens is 316 g/mol. The lowest BCUT2D eigenvalue weighted by Crippen LogP contribution is -2.53. The predicted octanol–water partition coefficient (Wildman–Crippen LogP) is 1.11. The number of carbonyl (C=O) groups is 2. The molecule has 1 aliphatic heterocycles. The molecule has 0 aromatic heterocycles. The normalized spacial score (nSPS) is 19.7. The summed E-state index contributed by atoms with van der Waals surface area (Å²) in [6, 6.07) is 10.3. The fourth-order valence-corrected chi connectivity index (χ4v) is 3.70. The molecule has 136 valence electrons. The van der Waals surface area contributed by atoms with E-state index in [0.29, 0.717) is 13.0 Å². The van der Waals surface area contributed by atoms with Gasteiger partial charge >= 0.3 is 0 Å². The third kappa shape index (κ3) is 4.31. The Kier molecular flexibility index (Phi) is 5.58. The van der Waals surface area contributed by atoms with E-state index in [-0.39, 0.29) is 11.8 Å². The molecule has 6 nitrogen and oxygen atoms in total. The van der Waals surface area contributed by atoms with Crippen LogP contribution in [0.3, 0.4) is 0 Å². The maximum absolute atomic E-state index is 12.3. The fourth-order valence-electron chi connectivity index (χ4n) is 3.70. The number of piperazine rings is 1. The molecule has 0 bridgehead atoms. The molecule has 0 atom stereocenters. The monoisotopic (exact) mass is 344 g/mol. The van der Waals surface area contributed by atoms with Crippen molar-refractivity contribution in [1.29, 1.82) is 0 Å². The fraction of sp³-hybridized carbons (Fsp3) is 0.579. The van der Waals surface area contributed by atoms with E-state index in [1.165, 1.54) is 5.69 Å². The number of benzene rings is 1. The molecule has 25 heavy (non-hydrogen) atoms. The molecule has 0 radical (unpaired) electrons. The van der Waals surface area contributed by atoms with Gasteiger partial charge in [0.25, 0.3) is 0 Å². The maximum Gasteiger partial charge on any atom is 0.240 e. The molecule has 2 amide bonds. The van der Waals surface area contributed by atoms with Gasteiger partial charge in [-0.05, 0) is 25.0 Å². The molecule has 1 aliphatic carbocycles. The van der Waals surface area contributed by atoms with Gasteiger partial charge in [0, 0.05) is 44.8 Å². The molecule has 3 N–H and O–H groups in total. The van der Waals surface area contributed by atoms with Crippen molar-refractivity contribution in [2.24, 2.45) is 5.73 Å². The van der Waals surface area contributed by atoms with Crippen LogP contribution >= 0.6 is 0 Å². The van der Waals surface area contributed by atoms with Crippen LogP contribution in [0.2, 0.25) is 0 Å². The first-order valence-electron chi connectivity index (χ1n) is 9.23. The van der Waals surface area contributed by atoms with Crippen LogP contribution in [0.15, 0.2) is 30.3 Å². The lowest BCUT2D eigenvalue weighted by molar-refractivity contribution is -0.131. The Morgan fingerprint density at radius 2 is 1.68 bits per heavy atom. The third-order valence-corrected chi connectivity index (χ3v) is 5.33. The van der Waals surface area contributed by atoms with Crippen LogP contribution in [0.4, 0.5) is 5.69 Å². The molecule has 0 spiro atoms. The number of carbonyl (C=O) groups excluding carboxylic acids is 2. The molecule has 2 fully saturated rings. The summed E-state index contributed by atoms with van der Waals surface area (Å²) in [5.41, 5.74) is 6.60. The lowest BCUT2D eigenvalue weighted by Gasteiger charge is -2.36. The molecule has 1 saturated heterocycles. The first kappa shape index (κ1) is 17.7. The van der Waals surface area contributed by atoms with Gasteiger partial charge in [-0.2, -0.15) is 0 Å². The lowest BCUT2D eigenvalue weighted by atomic mass is 9.98. The highest BCUT2D eigenvalue weighted by Gasteiger charge is 2.36. The van der Waals surface area contributed by atoms with E-state index in [0.717, 1.165) is 51.9 Å². The van der Waals surface area contributed by atoms with Gasteiger partial charge in [-0.25, -0.2) is 0 Å². The number of nitrogens with two attached hydrogens (primary N) is 1. The summed E-state index contributed by atoms with van der Waals surface area (Å²) in [4.78, 5) is 28.7. The smallest absolute Gasteiger partial charge is 0.240 e. The maximum atomic E-state index is 12.3. The number of amides is 2. The summed E-state index contributed by atoms with van der Waals surface area (Å²) in [5.74, 6) is -0.00259. The first-order valence-corrected chi connectivity index (χ1v) is 9.23. The summed E-state index contributed by atoms with van der Waals surface area (Å²) in [6.07, 6.45) is 3.85. The van der Waals surface area contributed by atoms with E-state index < -0.39 is 5.54 Å². The highest BCUT2D eigenvalue weighted by Crippen LogP contribution is 2.27. The predicted molar refractivity (Wildman–Crippen MR) is 98.2 cm³/mol. The Balaban J connectivity index is 1.39. The summed E-state index contributed by atoms with van der Waals surface area (Å²) >= 11 is 0. The van der Waals surface area contributed by atoms with Crippen LogP contribution in [-0.4, -0.2) is 55.0 Å². The Bertz CT molecular complexity index is 591. The number of para-hydroxylation sites is 1. The minimum atomic E-state index is -0.718. The molecule has 6 heteroatoms. The van der Waals surface area contributed by atoms with Crippen molar-refractivity contribution in [2.75, 3.05) is 37.6 Å². The van der Waals surface area contributed by atoms with Gasteiger partial charge in [0.2, 0.25) is 11.8 Å². The molecule has 0 unspecified atom stereocenters. The quantitative estimate of drug-likeness (QED) is 0.839. The van der Waals surface area contributed by atoms with E-state index in [4.69, 9.17) is 5.73 Å². The van der Waals surface area contributed by atoms with Gasteiger partial charge in [0.15, 0.2) is 0 Å². The van der Waals surface area contributed by atoms with E-state index >= 15 is 0 Å². The van der Waals surface area contributed by atoms with E-state index in [1.54, 1.807) is 0 Å².